The highest BCUT2D eigenvalue weighted by Gasteiger charge is 2.40. The first kappa shape index (κ1) is 21.2. The average molecular weight is 476 g/mol. The third kappa shape index (κ3) is 3.95. The molecule has 174 valence electrons. The van der Waals surface area contributed by atoms with Crippen LogP contribution in [0.15, 0.2) is 109 Å². The second-order valence-electron chi connectivity index (χ2n) is 9.85. The smallest absolute Gasteiger partial charge is 0.0746 e. The van der Waals surface area contributed by atoms with E-state index in [1.807, 2.05) is 12.3 Å². The van der Waals surface area contributed by atoms with Crippen molar-refractivity contribution in [1.29, 1.82) is 0 Å². The van der Waals surface area contributed by atoms with Crippen LogP contribution in [-0.4, -0.2) is 34.1 Å². The summed E-state index contributed by atoms with van der Waals surface area (Å²) >= 11 is 2.09. The fourth-order valence-corrected chi connectivity index (χ4v) is 7.30. The number of rotatable bonds is 4. The molecule has 2 aromatic rings. The molecule has 1 aromatic heterocycles. The molecule has 2 saturated heterocycles. The van der Waals surface area contributed by atoms with Crippen LogP contribution >= 0.6 is 11.8 Å². The van der Waals surface area contributed by atoms with Gasteiger partial charge in [-0.15, -0.1) is 11.8 Å². The maximum Gasteiger partial charge on any atom is 0.0746 e. The van der Waals surface area contributed by atoms with Crippen LogP contribution in [0.2, 0.25) is 0 Å². The van der Waals surface area contributed by atoms with Crippen molar-refractivity contribution in [3.05, 3.63) is 126 Å². The van der Waals surface area contributed by atoms with Gasteiger partial charge < -0.3 is 10.2 Å². The van der Waals surface area contributed by atoms with Gasteiger partial charge in [-0.1, -0.05) is 85.0 Å². The van der Waals surface area contributed by atoms with Gasteiger partial charge in [-0.05, 0) is 41.3 Å². The van der Waals surface area contributed by atoms with E-state index in [1.54, 1.807) is 0 Å². The van der Waals surface area contributed by atoms with E-state index in [1.165, 1.54) is 22.4 Å². The zero-order chi connectivity index (χ0) is 23.2. The lowest BCUT2D eigenvalue weighted by molar-refractivity contribution is 0.604. The van der Waals surface area contributed by atoms with Gasteiger partial charge >= 0.3 is 0 Å². The Balaban J connectivity index is 1.17. The Morgan fingerprint density at radius 3 is 2.37 bits per heavy atom. The summed E-state index contributed by atoms with van der Waals surface area (Å²) in [5.74, 6) is 0.388. The normalized spacial score (nSPS) is 32.2. The molecule has 6 unspecified atom stereocenters. The molecule has 7 rings (SSSR count). The minimum atomic E-state index is 0.379. The molecule has 0 amide bonds. The number of nitrogens with zero attached hydrogens (tertiary/aromatic N) is 2. The van der Waals surface area contributed by atoms with E-state index >= 15 is 0 Å². The second kappa shape index (κ2) is 8.85. The van der Waals surface area contributed by atoms with Crippen LogP contribution in [-0.2, 0) is 0 Å². The monoisotopic (exact) mass is 475 g/mol. The van der Waals surface area contributed by atoms with Crippen molar-refractivity contribution in [3.63, 3.8) is 0 Å². The Labute approximate surface area is 211 Å². The van der Waals surface area contributed by atoms with Crippen LogP contribution < -0.4 is 10.2 Å². The molecule has 3 nitrogen and oxygen atoms in total. The summed E-state index contributed by atoms with van der Waals surface area (Å²) in [5.41, 5.74) is 6.40. The van der Waals surface area contributed by atoms with Gasteiger partial charge in [0.1, 0.15) is 0 Å². The van der Waals surface area contributed by atoms with Gasteiger partial charge in [0.05, 0.1) is 17.8 Å². The molecule has 0 saturated carbocycles. The summed E-state index contributed by atoms with van der Waals surface area (Å²) in [4.78, 5) is 7.37. The van der Waals surface area contributed by atoms with Crippen molar-refractivity contribution >= 4 is 23.0 Å². The molecule has 0 radical (unpaired) electrons. The van der Waals surface area contributed by atoms with E-state index in [2.05, 4.69) is 119 Å². The summed E-state index contributed by atoms with van der Waals surface area (Å²) in [6.07, 6.45) is 28.3. The first-order valence-electron chi connectivity index (χ1n) is 12.7. The largest absolute Gasteiger partial charge is 0.356 e. The summed E-state index contributed by atoms with van der Waals surface area (Å²) in [7, 11) is 0. The Bertz CT molecular complexity index is 1280. The average Bonchev–Trinajstić information content (AvgIpc) is 3.78. The first-order chi connectivity index (χ1) is 17.3. The number of nitrogens with one attached hydrogen (secondary N) is 1. The maximum absolute atomic E-state index is 4.72. The van der Waals surface area contributed by atoms with Crippen molar-refractivity contribution in [2.45, 2.75) is 41.0 Å². The molecule has 3 heterocycles. The van der Waals surface area contributed by atoms with Crippen LogP contribution in [0.3, 0.4) is 0 Å². The number of fused-ring (bicyclic) bond motifs is 2. The Morgan fingerprint density at radius 1 is 0.886 bits per heavy atom. The molecular formula is C31H29N3S. The van der Waals surface area contributed by atoms with Crippen LogP contribution in [0.5, 0.6) is 0 Å². The van der Waals surface area contributed by atoms with E-state index in [0.29, 0.717) is 34.5 Å². The molecule has 2 fully saturated rings. The molecule has 0 bridgehead atoms. The predicted molar refractivity (Wildman–Crippen MR) is 148 cm³/mol. The number of hydrogen-bond acceptors (Lipinski definition) is 4. The van der Waals surface area contributed by atoms with Crippen LogP contribution in [0.1, 0.15) is 35.2 Å². The molecule has 4 heteroatoms. The lowest BCUT2D eigenvalue weighted by Crippen LogP contribution is -2.55. The van der Waals surface area contributed by atoms with Crippen LogP contribution in [0, 0.1) is 0 Å². The third-order valence-corrected chi connectivity index (χ3v) is 9.16. The molecule has 3 aliphatic carbocycles. The quantitative estimate of drug-likeness (QED) is 0.540. The highest BCUT2D eigenvalue weighted by Crippen LogP contribution is 2.43. The van der Waals surface area contributed by atoms with Crippen molar-refractivity contribution in [3.8, 4) is 0 Å². The van der Waals surface area contributed by atoms with Gasteiger partial charge in [0.2, 0.25) is 0 Å². The standard InChI is InChI=1S/C31H29N3S/c1-3-12-29-27(10-1)34(28-11-2-4-13-30(28)35-29)24-8-5-7-23(19-24)21-14-16-22(17-15-21)31-25(26-20-33-26)9-6-18-32-31/h1-14,16-19,21,26-30,33H,15,20H2. The number of allylic oxidation sites excluding steroid dienone is 8. The number of benzene rings is 1. The fraction of sp³-hybridized carbons (Fsp3) is 0.258. The molecule has 35 heavy (non-hydrogen) atoms. The molecule has 1 aromatic carbocycles. The van der Waals surface area contributed by atoms with Crippen molar-refractivity contribution in [2.24, 2.45) is 0 Å². The van der Waals surface area contributed by atoms with Crippen molar-refractivity contribution in [1.82, 2.24) is 10.3 Å². The summed E-state index contributed by atoms with van der Waals surface area (Å²) in [6.45, 7) is 1.06. The highest BCUT2D eigenvalue weighted by molar-refractivity contribution is 8.01. The number of pyridine rings is 1. The van der Waals surface area contributed by atoms with Gasteiger partial charge in [0, 0.05) is 40.9 Å². The topological polar surface area (TPSA) is 38.1 Å². The lowest BCUT2D eigenvalue weighted by Gasteiger charge is -2.49. The maximum atomic E-state index is 4.72. The van der Waals surface area contributed by atoms with Gasteiger partial charge in [0.25, 0.3) is 0 Å². The van der Waals surface area contributed by atoms with E-state index < -0.39 is 0 Å². The molecule has 0 spiro atoms. The fourth-order valence-electron chi connectivity index (χ4n) is 5.81. The van der Waals surface area contributed by atoms with Crippen molar-refractivity contribution in [2.75, 3.05) is 11.4 Å². The van der Waals surface area contributed by atoms with E-state index in [9.17, 15) is 0 Å². The summed E-state index contributed by atoms with van der Waals surface area (Å²) in [6, 6.07) is 14.7. The van der Waals surface area contributed by atoms with E-state index in [4.69, 9.17) is 4.98 Å². The summed E-state index contributed by atoms with van der Waals surface area (Å²) < 4.78 is 0. The molecular weight excluding hydrogens is 446 g/mol. The minimum Gasteiger partial charge on any atom is -0.356 e. The third-order valence-electron chi connectivity index (χ3n) is 7.66. The second-order valence-corrected chi connectivity index (χ2v) is 11.2. The lowest BCUT2D eigenvalue weighted by atomic mass is 9.87. The van der Waals surface area contributed by atoms with Crippen molar-refractivity contribution < 1.29 is 0 Å². The van der Waals surface area contributed by atoms with Gasteiger partial charge in [-0.25, -0.2) is 0 Å². The van der Waals surface area contributed by atoms with E-state index in [0.717, 1.165) is 18.7 Å². The highest BCUT2D eigenvalue weighted by atomic mass is 32.2. The van der Waals surface area contributed by atoms with Gasteiger partial charge in [-0.3, -0.25) is 4.98 Å². The number of thioether (sulfide) groups is 1. The Kier molecular flexibility index (Phi) is 5.37. The Hall–Kier alpha value is -3.08. The number of hydrogen-bond donors (Lipinski definition) is 1. The van der Waals surface area contributed by atoms with E-state index in [-0.39, 0.29) is 0 Å². The van der Waals surface area contributed by atoms with Crippen LogP contribution in [0.4, 0.5) is 5.69 Å². The predicted octanol–water partition coefficient (Wildman–Crippen LogP) is 6.13. The zero-order valence-corrected chi connectivity index (χ0v) is 20.4. The first-order valence-corrected chi connectivity index (χ1v) is 13.6. The van der Waals surface area contributed by atoms with Gasteiger partial charge in [0.15, 0.2) is 0 Å². The van der Waals surface area contributed by atoms with Crippen LogP contribution in [0.25, 0.3) is 5.57 Å². The molecule has 2 aliphatic heterocycles. The molecule has 1 N–H and O–H groups in total. The zero-order valence-electron chi connectivity index (χ0n) is 19.6. The number of anilines is 1. The Morgan fingerprint density at radius 2 is 1.66 bits per heavy atom. The SMILES string of the molecule is C1=CC2SC3C=CC=CC3N(c3cccc(C4C=CC(c5ncccc5C5CN5)=CC4)c3)C2C=C1. The minimum absolute atomic E-state index is 0.379. The molecule has 6 atom stereocenters. The summed E-state index contributed by atoms with van der Waals surface area (Å²) in [5, 5.41) is 4.39. The number of aromatic nitrogens is 1. The van der Waals surface area contributed by atoms with Gasteiger partial charge in [-0.2, -0.15) is 0 Å². The molecule has 5 aliphatic rings.